The average molecular weight is 381 g/mol. The number of ether oxygens (including phenoxy) is 2. The van der Waals surface area contributed by atoms with Crippen LogP contribution in [0.15, 0.2) is 46.9 Å². The molecule has 0 unspecified atom stereocenters. The van der Waals surface area contributed by atoms with Gasteiger partial charge in [-0.1, -0.05) is 12.1 Å². The number of methoxy groups -OCH3 is 1. The van der Waals surface area contributed by atoms with E-state index in [4.69, 9.17) is 9.47 Å². The van der Waals surface area contributed by atoms with Gasteiger partial charge in [0.05, 0.1) is 22.6 Å². The van der Waals surface area contributed by atoms with Crippen molar-refractivity contribution in [2.24, 2.45) is 0 Å². The third-order valence-electron chi connectivity index (χ3n) is 2.87. The van der Waals surface area contributed by atoms with Crippen molar-refractivity contribution in [1.29, 1.82) is 0 Å². The van der Waals surface area contributed by atoms with Crippen LogP contribution < -0.4 is 14.8 Å². The van der Waals surface area contributed by atoms with Crippen molar-refractivity contribution in [3.8, 4) is 11.5 Å². The molecule has 0 aromatic heterocycles. The lowest BCUT2D eigenvalue weighted by Gasteiger charge is -2.09. The largest absolute Gasteiger partial charge is 0.496 e. The number of amides is 1. The van der Waals surface area contributed by atoms with Crippen molar-refractivity contribution < 1.29 is 19.2 Å². The molecule has 0 aliphatic rings. The third-order valence-corrected chi connectivity index (χ3v) is 3.53. The van der Waals surface area contributed by atoms with E-state index in [1.807, 2.05) is 6.07 Å². The summed E-state index contributed by atoms with van der Waals surface area (Å²) in [4.78, 5) is 22.4. The highest BCUT2D eigenvalue weighted by Gasteiger charge is 2.17. The van der Waals surface area contributed by atoms with Crippen LogP contribution in [0.3, 0.4) is 0 Å². The topological polar surface area (TPSA) is 90.7 Å². The Morgan fingerprint density at radius 3 is 2.70 bits per heavy atom. The van der Waals surface area contributed by atoms with Gasteiger partial charge in [-0.2, -0.15) is 0 Å². The summed E-state index contributed by atoms with van der Waals surface area (Å²) in [5, 5.41) is 13.5. The summed E-state index contributed by atoms with van der Waals surface area (Å²) in [5.74, 6) is 0.333. The van der Waals surface area contributed by atoms with E-state index in [2.05, 4.69) is 21.2 Å². The average Bonchev–Trinajstić information content (AvgIpc) is 2.54. The van der Waals surface area contributed by atoms with Gasteiger partial charge in [-0.15, -0.1) is 0 Å². The molecule has 0 fully saturated rings. The number of hydrogen-bond donors (Lipinski definition) is 1. The summed E-state index contributed by atoms with van der Waals surface area (Å²) in [6, 6.07) is 11.2. The summed E-state index contributed by atoms with van der Waals surface area (Å²) in [5.41, 5.74) is -0.171. The summed E-state index contributed by atoms with van der Waals surface area (Å²) < 4.78 is 11.0. The first kappa shape index (κ1) is 16.8. The van der Waals surface area contributed by atoms with Gasteiger partial charge in [-0.05, 0) is 40.2 Å². The number of nitro benzene ring substituents is 1. The minimum atomic E-state index is -0.591. The van der Waals surface area contributed by atoms with Crippen LogP contribution in [0, 0.1) is 10.1 Å². The molecule has 2 aromatic carbocycles. The molecular formula is C15H13BrN2O5. The van der Waals surface area contributed by atoms with Crippen LogP contribution in [0.25, 0.3) is 0 Å². The van der Waals surface area contributed by atoms with E-state index < -0.39 is 10.8 Å². The van der Waals surface area contributed by atoms with Crippen LogP contribution in [0.4, 0.5) is 11.4 Å². The first-order valence-corrected chi connectivity index (χ1v) is 7.30. The van der Waals surface area contributed by atoms with Crippen LogP contribution >= 0.6 is 15.9 Å². The quantitative estimate of drug-likeness (QED) is 0.612. The van der Waals surface area contributed by atoms with Crippen molar-refractivity contribution in [2.45, 2.75) is 0 Å². The van der Waals surface area contributed by atoms with Gasteiger partial charge < -0.3 is 14.8 Å². The van der Waals surface area contributed by atoms with Crippen molar-refractivity contribution >= 4 is 33.2 Å². The highest BCUT2D eigenvalue weighted by atomic mass is 79.9. The maximum atomic E-state index is 11.9. The number of rotatable bonds is 6. The lowest BCUT2D eigenvalue weighted by Crippen LogP contribution is -2.20. The monoisotopic (exact) mass is 380 g/mol. The van der Waals surface area contributed by atoms with Crippen LogP contribution in [0.5, 0.6) is 11.5 Å². The van der Waals surface area contributed by atoms with E-state index in [1.54, 1.807) is 18.2 Å². The van der Waals surface area contributed by atoms with Crippen molar-refractivity contribution in [3.05, 3.63) is 57.1 Å². The molecule has 0 radical (unpaired) electrons. The van der Waals surface area contributed by atoms with E-state index >= 15 is 0 Å². The number of halogens is 1. The van der Waals surface area contributed by atoms with Crippen molar-refractivity contribution in [1.82, 2.24) is 0 Å². The minimum absolute atomic E-state index is 0.0801. The highest BCUT2D eigenvalue weighted by Crippen LogP contribution is 2.29. The van der Waals surface area contributed by atoms with Crippen LogP contribution in [0.1, 0.15) is 0 Å². The summed E-state index contributed by atoms with van der Waals surface area (Å²) in [7, 11) is 1.41. The molecule has 0 saturated carbocycles. The molecule has 1 N–H and O–H groups in total. The second-order valence-corrected chi connectivity index (χ2v) is 5.26. The third kappa shape index (κ3) is 4.43. The fraction of sp³-hybridized carbons (Fsp3) is 0.133. The second kappa shape index (κ2) is 7.59. The number of nitrogens with one attached hydrogen (secondary N) is 1. The van der Waals surface area contributed by atoms with Crippen molar-refractivity contribution in [2.75, 3.05) is 19.0 Å². The van der Waals surface area contributed by atoms with Gasteiger partial charge in [-0.3, -0.25) is 14.9 Å². The van der Waals surface area contributed by atoms with Crippen LogP contribution in [0.2, 0.25) is 0 Å². The normalized spacial score (nSPS) is 10.0. The molecule has 2 rings (SSSR count). The minimum Gasteiger partial charge on any atom is -0.496 e. The van der Waals surface area contributed by atoms with Gasteiger partial charge in [0.25, 0.3) is 11.6 Å². The summed E-state index contributed by atoms with van der Waals surface area (Å²) >= 11 is 3.30. The van der Waals surface area contributed by atoms with Gasteiger partial charge in [0.2, 0.25) is 0 Å². The molecular weight excluding hydrogens is 368 g/mol. The number of para-hydroxylation sites is 1. The summed E-state index contributed by atoms with van der Waals surface area (Å²) in [6.07, 6.45) is 0. The standard InChI is InChI=1S/C15H13BrN2O5/c1-22-10-6-7-12(13(8-10)18(20)21)17-15(19)9-23-14-5-3-2-4-11(14)16/h2-8H,9H2,1H3,(H,17,19). The van der Waals surface area contributed by atoms with Gasteiger partial charge in [-0.25, -0.2) is 0 Å². The fourth-order valence-corrected chi connectivity index (χ4v) is 2.19. The number of nitrogens with zero attached hydrogens (tertiary/aromatic N) is 1. The van der Waals surface area contributed by atoms with Crippen molar-refractivity contribution in [3.63, 3.8) is 0 Å². The van der Waals surface area contributed by atoms with Gasteiger partial charge >= 0.3 is 0 Å². The van der Waals surface area contributed by atoms with Gasteiger partial charge in [0, 0.05) is 0 Å². The zero-order valence-electron chi connectivity index (χ0n) is 12.1. The Morgan fingerprint density at radius 2 is 2.04 bits per heavy atom. The van der Waals surface area contributed by atoms with Crippen LogP contribution in [-0.2, 0) is 4.79 Å². The zero-order chi connectivity index (χ0) is 16.8. The Morgan fingerprint density at radius 1 is 1.30 bits per heavy atom. The number of hydrogen-bond acceptors (Lipinski definition) is 5. The Bertz CT molecular complexity index is 736. The lowest BCUT2D eigenvalue weighted by molar-refractivity contribution is -0.384. The first-order chi connectivity index (χ1) is 11.0. The number of carbonyl (C=O) groups excluding carboxylic acids is 1. The van der Waals surface area contributed by atoms with E-state index in [0.717, 1.165) is 0 Å². The van der Waals surface area contributed by atoms with Gasteiger partial charge in [0.1, 0.15) is 17.2 Å². The molecule has 0 saturated heterocycles. The lowest BCUT2D eigenvalue weighted by atomic mass is 10.2. The Balaban J connectivity index is 2.05. The number of carbonyl (C=O) groups is 1. The molecule has 8 heteroatoms. The molecule has 0 atom stereocenters. The SMILES string of the molecule is COc1ccc(NC(=O)COc2ccccc2Br)c([N+](=O)[O-])c1. The molecule has 0 spiro atoms. The van der Waals surface area contributed by atoms with Crippen LogP contribution in [-0.4, -0.2) is 24.5 Å². The molecule has 0 heterocycles. The van der Waals surface area contributed by atoms with E-state index in [9.17, 15) is 14.9 Å². The molecule has 2 aromatic rings. The number of nitro groups is 1. The molecule has 23 heavy (non-hydrogen) atoms. The molecule has 0 aliphatic heterocycles. The molecule has 1 amide bonds. The molecule has 120 valence electrons. The predicted molar refractivity (Wildman–Crippen MR) is 87.9 cm³/mol. The maximum Gasteiger partial charge on any atom is 0.296 e. The maximum absolute atomic E-state index is 11.9. The Hall–Kier alpha value is -2.61. The molecule has 0 aliphatic carbocycles. The summed E-state index contributed by atoms with van der Waals surface area (Å²) in [6.45, 7) is -0.272. The first-order valence-electron chi connectivity index (χ1n) is 6.51. The van der Waals surface area contributed by atoms with E-state index in [-0.39, 0.29) is 18.0 Å². The van der Waals surface area contributed by atoms with E-state index in [1.165, 1.54) is 25.3 Å². The number of benzene rings is 2. The predicted octanol–water partition coefficient (Wildman–Crippen LogP) is 3.38. The Labute approximate surface area is 140 Å². The fourth-order valence-electron chi connectivity index (χ4n) is 1.79. The van der Waals surface area contributed by atoms with Gasteiger partial charge in [0.15, 0.2) is 6.61 Å². The Kier molecular flexibility index (Phi) is 5.53. The molecule has 0 bridgehead atoms. The number of anilines is 1. The second-order valence-electron chi connectivity index (χ2n) is 4.41. The molecule has 7 nitrogen and oxygen atoms in total. The smallest absolute Gasteiger partial charge is 0.296 e. The van der Waals surface area contributed by atoms with E-state index in [0.29, 0.717) is 16.0 Å². The highest BCUT2D eigenvalue weighted by molar-refractivity contribution is 9.10. The zero-order valence-corrected chi connectivity index (χ0v) is 13.7.